The van der Waals surface area contributed by atoms with E-state index in [0.717, 1.165) is 17.8 Å². The third-order valence-corrected chi connectivity index (χ3v) is 3.27. The van der Waals surface area contributed by atoms with Crippen molar-refractivity contribution in [2.75, 3.05) is 0 Å². The molecule has 0 spiro atoms. The lowest BCUT2D eigenvalue weighted by molar-refractivity contribution is 0.283. The Bertz CT molecular complexity index is 823. The molecule has 2 heterocycles. The molecule has 0 aliphatic rings. The van der Waals surface area contributed by atoms with Crippen LogP contribution in [0.5, 0.6) is 5.75 Å². The molecule has 0 atom stereocenters. The van der Waals surface area contributed by atoms with Gasteiger partial charge in [-0.1, -0.05) is 0 Å². The predicted octanol–water partition coefficient (Wildman–Crippen LogP) is 2.41. The minimum absolute atomic E-state index is 0.153. The van der Waals surface area contributed by atoms with E-state index in [-0.39, 0.29) is 17.9 Å². The number of phenolic OH excluding ortho intramolecular Hbond substituents is 1. The fraction of sp³-hybridized carbons (Fsp3) is 0.143. The normalized spacial score (nSPS) is 11.2. The number of aromatic hydroxyl groups is 1. The molecule has 1 aromatic carbocycles. The van der Waals surface area contributed by atoms with Crippen molar-refractivity contribution in [3.63, 3.8) is 0 Å². The van der Waals surface area contributed by atoms with Crippen molar-refractivity contribution in [3.8, 4) is 17.0 Å². The van der Waals surface area contributed by atoms with Gasteiger partial charge in [-0.3, -0.25) is 5.10 Å². The van der Waals surface area contributed by atoms with Crippen LogP contribution < -0.4 is 0 Å². The number of aromatic nitrogens is 3. The van der Waals surface area contributed by atoms with Gasteiger partial charge in [-0.2, -0.15) is 5.10 Å². The lowest BCUT2D eigenvalue weighted by Crippen LogP contribution is -1.94. The summed E-state index contributed by atoms with van der Waals surface area (Å²) < 4.78 is 26.9. The molecule has 0 unspecified atom stereocenters. The van der Waals surface area contributed by atoms with Crippen LogP contribution in [0.4, 0.5) is 8.78 Å². The van der Waals surface area contributed by atoms with Crippen LogP contribution in [0.1, 0.15) is 11.3 Å². The van der Waals surface area contributed by atoms with Crippen LogP contribution >= 0.6 is 0 Å². The first-order valence-electron chi connectivity index (χ1n) is 6.15. The number of aryl methyl sites for hydroxylation is 1. The number of nitrogens with zero attached hydrogens (tertiary/aromatic N) is 2. The van der Waals surface area contributed by atoms with Gasteiger partial charge in [0.1, 0.15) is 0 Å². The molecule has 2 aromatic heterocycles. The predicted molar refractivity (Wildman–Crippen MR) is 71.6 cm³/mol. The number of fused-ring (bicyclic) bond motifs is 1. The van der Waals surface area contributed by atoms with E-state index in [9.17, 15) is 13.9 Å². The van der Waals surface area contributed by atoms with Gasteiger partial charge in [0.15, 0.2) is 23.0 Å². The zero-order valence-corrected chi connectivity index (χ0v) is 11.0. The zero-order chi connectivity index (χ0) is 15.1. The van der Waals surface area contributed by atoms with Gasteiger partial charge in [-0.25, -0.2) is 13.8 Å². The van der Waals surface area contributed by atoms with Crippen LogP contribution in [0.25, 0.3) is 22.3 Å². The first-order valence-corrected chi connectivity index (χ1v) is 6.15. The van der Waals surface area contributed by atoms with Crippen molar-refractivity contribution in [2.24, 2.45) is 0 Å². The topological polar surface area (TPSA) is 82.0 Å². The highest BCUT2D eigenvalue weighted by Crippen LogP contribution is 2.30. The molecule has 0 bridgehead atoms. The Kier molecular flexibility index (Phi) is 3.06. The molecule has 5 nitrogen and oxygen atoms in total. The highest BCUT2D eigenvalue weighted by Gasteiger charge is 2.15. The SMILES string of the molecule is Cc1[nH]nc2nc(-c3cc(F)c(O)c(F)c3)cc(CO)c12. The third kappa shape index (κ3) is 2.11. The molecule has 108 valence electrons. The summed E-state index contributed by atoms with van der Waals surface area (Å²) in [4.78, 5) is 4.22. The number of aromatic amines is 1. The number of benzene rings is 1. The quantitative estimate of drug-likeness (QED) is 0.677. The van der Waals surface area contributed by atoms with Crippen LogP contribution in [0, 0.1) is 18.6 Å². The second-order valence-corrected chi connectivity index (χ2v) is 4.66. The number of hydrogen-bond donors (Lipinski definition) is 3. The highest BCUT2D eigenvalue weighted by molar-refractivity contribution is 5.84. The van der Waals surface area contributed by atoms with E-state index in [0.29, 0.717) is 16.6 Å². The van der Waals surface area contributed by atoms with E-state index in [4.69, 9.17) is 5.11 Å². The van der Waals surface area contributed by atoms with Crippen molar-refractivity contribution in [2.45, 2.75) is 13.5 Å². The van der Waals surface area contributed by atoms with Gasteiger partial charge in [0.25, 0.3) is 0 Å². The van der Waals surface area contributed by atoms with Crippen molar-refractivity contribution >= 4 is 11.0 Å². The van der Waals surface area contributed by atoms with E-state index in [1.165, 1.54) is 6.07 Å². The number of pyridine rings is 1. The molecule has 0 radical (unpaired) electrons. The summed E-state index contributed by atoms with van der Waals surface area (Å²) in [5.41, 5.74) is 2.06. The van der Waals surface area contributed by atoms with Crippen LogP contribution in [0.15, 0.2) is 18.2 Å². The molecule has 0 aliphatic carbocycles. The molecule has 0 aliphatic heterocycles. The Hall–Kier alpha value is -2.54. The molecule has 3 N–H and O–H groups in total. The Labute approximate surface area is 117 Å². The molecule has 0 saturated carbocycles. The third-order valence-electron chi connectivity index (χ3n) is 3.27. The van der Waals surface area contributed by atoms with Gasteiger partial charge < -0.3 is 10.2 Å². The second kappa shape index (κ2) is 4.78. The number of aliphatic hydroxyl groups excluding tert-OH is 1. The lowest BCUT2D eigenvalue weighted by atomic mass is 10.1. The lowest BCUT2D eigenvalue weighted by Gasteiger charge is -2.06. The monoisotopic (exact) mass is 291 g/mol. The van der Waals surface area contributed by atoms with E-state index in [2.05, 4.69) is 15.2 Å². The van der Waals surface area contributed by atoms with Crippen LogP contribution in [0.3, 0.4) is 0 Å². The second-order valence-electron chi connectivity index (χ2n) is 4.66. The smallest absolute Gasteiger partial charge is 0.187 e. The van der Waals surface area contributed by atoms with E-state index in [1.807, 2.05) is 0 Å². The van der Waals surface area contributed by atoms with Gasteiger partial charge in [-0.05, 0) is 30.7 Å². The summed E-state index contributed by atoms with van der Waals surface area (Å²) in [6.07, 6.45) is 0. The minimum atomic E-state index is -1.07. The molecule has 3 aromatic rings. The van der Waals surface area contributed by atoms with Crippen molar-refractivity contribution < 1.29 is 19.0 Å². The molecular formula is C14H11F2N3O2. The van der Waals surface area contributed by atoms with Crippen molar-refractivity contribution in [3.05, 3.63) is 41.1 Å². The Morgan fingerprint density at radius 2 is 1.86 bits per heavy atom. The minimum Gasteiger partial charge on any atom is -0.503 e. The molecule has 0 fully saturated rings. The molecular weight excluding hydrogens is 280 g/mol. The van der Waals surface area contributed by atoms with Crippen LogP contribution in [0.2, 0.25) is 0 Å². The number of H-pyrrole nitrogens is 1. The van der Waals surface area contributed by atoms with Crippen molar-refractivity contribution in [1.29, 1.82) is 0 Å². The Morgan fingerprint density at radius 1 is 1.19 bits per heavy atom. The maximum atomic E-state index is 13.4. The molecule has 21 heavy (non-hydrogen) atoms. The van der Waals surface area contributed by atoms with Gasteiger partial charge in [0, 0.05) is 16.6 Å². The Morgan fingerprint density at radius 3 is 2.48 bits per heavy atom. The summed E-state index contributed by atoms with van der Waals surface area (Å²) >= 11 is 0. The Balaban J connectivity index is 2.26. The first kappa shape index (κ1) is 13.4. The number of nitrogens with one attached hydrogen (secondary N) is 1. The van der Waals surface area contributed by atoms with Crippen molar-refractivity contribution in [1.82, 2.24) is 15.2 Å². The van der Waals surface area contributed by atoms with E-state index >= 15 is 0 Å². The van der Waals surface area contributed by atoms with Gasteiger partial charge in [0.05, 0.1) is 12.3 Å². The summed E-state index contributed by atoms with van der Waals surface area (Å²) in [6.45, 7) is 1.53. The summed E-state index contributed by atoms with van der Waals surface area (Å²) in [6, 6.07) is 3.50. The van der Waals surface area contributed by atoms with Gasteiger partial charge in [0.2, 0.25) is 0 Å². The molecule has 0 amide bonds. The van der Waals surface area contributed by atoms with E-state index < -0.39 is 17.4 Å². The van der Waals surface area contributed by atoms with Crippen LogP contribution in [-0.2, 0) is 6.61 Å². The van der Waals surface area contributed by atoms with Gasteiger partial charge in [-0.15, -0.1) is 0 Å². The summed E-state index contributed by atoms with van der Waals surface area (Å²) in [5, 5.41) is 26.0. The number of aliphatic hydroxyl groups is 1. The summed E-state index contributed by atoms with van der Waals surface area (Å²) in [5.74, 6) is -3.18. The maximum absolute atomic E-state index is 13.4. The number of halogens is 2. The van der Waals surface area contributed by atoms with Gasteiger partial charge >= 0.3 is 0 Å². The van der Waals surface area contributed by atoms with E-state index in [1.54, 1.807) is 6.92 Å². The maximum Gasteiger partial charge on any atom is 0.187 e. The van der Waals surface area contributed by atoms with Crippen LogP contribution in [-0.4, -0.2) is 25.4 Å². The summed E-state index contributed by atoms with van der Waals surface area (Å²) in [7, 11) is 0. The highest BCUT2D eigenvalue weighted by atomic mass is 19.1. The standard InChI is InChI=1S/C14H11F2N3O2/c1-6-12-8(5-20)4-11(17-14(12)19-18-6)7-2-9(15)13(21)10(16)3-7/h2-4,20-21H,5H2,1H3,(H,17,18,19). The number of rotatable bonds is 2. The largest absolute Gasteiger partial charge is 0.503 e. The number of hydrogen-bond acceptors (Lipinski definition) is 4. The number of phenols is 1. The zero-order valence-electron chi connectivity index (χ0n) is 11.0. The molecule has 7 heteroatoms. The average molecular weight is 291 g/mol. The first-order chi connectivity index (χ1) is 10.0. The molecule has 0 saturated heterocycles. The molecule has 3 rings (SSSR count). The fourth-order valence-corrected chi connectivity index (χ4v) is 2.25. The average Bonchev–Trinajstić information content (AvgIpc) is 2.85. The fourth-order valence-electron chi connectivity index (χ4n) is 2.25.